The van der Waals surface area contributed by atoms with Crippen molar-refractivity contribution in [3.63, 3.8) is 0 Å². The quantitative estimate of drug-likeness (QED) is 0.578. The summed E-state index contributed by atoms with van der Waals surface area (Å²) in [4.78, 5) is 20.7. The molecule has 2 unspecified atom stereocenters. The van der Waals surface area contributed by atoms with Crippen molar-refractivity contribution < 1.29 is 19.3 Å². The van der Waals surface area contributed by atoms with Crippen molar-refractivity contribution in [1.29, 1.82) is 0 Å². The van der Waals surface area contributed by atoms with Crippen LogP contribution in [0.2, 0.25) is 0 Å². The molecule has 4 nitrogen and oxygen atoms in total. The molecule has 0 aromatic heterocycles. The minimum absolute atomic E-state index is 0.0493. The molecule has 1 aliphatic rings. The van der Waals surface area contributed by atoms with Gasteiger partial charge in [-0.05, 0) is 5.56 Å². The van der Waals surface area contributed by atoms with Crippen molar-refractivity contribution in [3.8, 4) is 0 Å². The molecular weight excluding hydrogens is 208 g/mol. The van der Waals surface area contributed by atoms with E-state index < -0.39 is 6.29 Å². The average Bonchev–Trinajstić information content (AvgIpc) is 2.66. The van der Waals surface area contributed by atoms with Crippen LogP contribution in [0.1, 0.15) is 18.9 Å². The van der Waals surface area contributed by atoms with Crippen molar-refractivity contribution in [1.82, 2.24) is 0 Å². The zero-order valence-electron chi connectivity index (χ0n) is 9.09. The molecule has 1 aromatic carbocycles. The second kappa shape index (κ2) is 5.09. The Morgan fingerprint density at radius 1 is 1.38 bits per heavy atom. The van der Waals surface area contributed by atoms with E-state index in [0.717, 1.165) is 6.42 Å². The highest BCUT2D eigenvalue weighted by molar-refractivity contribution is 5.66. The standard InChI is InChI=1S/C12H14O4/c1-9(13)14-12-8-11(15-16-12)7-10-5-3-2-4-6-10/h2-6,11-12H,7-8H2,1H3. The molecule has 4 heteroatoms. The predicted octanol–water partition coefficient (Wildman–Crippen LogP) is 1.84. The van der Waals surface area contributed by atoms with Crippen LogP contribution in [0.25, 0.3) is 0 Å². The SMILES string of the molecule is CC(=O)OC1CC(Cc2ccccc2)OO1. The lowest BCUT2D eigenvalue weighted by molar-refractivity contribution is -0.334. The normalized spacial score (nSPS) is 24.3. The van der Waals surface area contributed by atoms with Crippen LogP contribution >= 0.6 is 0 Å². The van der Waals surface area contributed by atoms with Crippen molar-refractivity contribution in [2.75, 3.05) is 0 Å². The van der Waals surface area contributed by atoms with Gasteiger partial charge in [0.15, 0.2) is 0 Å². The van der Waals surface area contributed by atoms with E-state index in [2.05, 4.69) is 0 Å². The monoisotopic (exact) mass is 222 g/mol. The van der Waals surface area contributed by atoms with E-state index in [1.165, 1.54) is 12.5 Å². The van der Waals surface area contributed by atoms with Gasteiger partial charge >= 0.3 is 5.97 Å². The average molecular weight is 222 g/mol. The van der Waals surface area contributed by atoms with Gasteiger partial charge in [0.05, 0.1) is 0 Å². The number of carbonyl (C=O) groups is 1. The molecule has 1 fully saturated rings. The molecule has 0 aliphatic carbocycles. The highest BCUT2D eigenvalue weighted by Gasteiger charge is 2.29. The van der Waals surface area contributed by atoms with Crippen LogP contribution in [-0.2, 0) is 25.7 Å². The van der Waals surface area contributed by atoms with Crippen LogP contribution in [0.15, 0.2) is 30.3 Å². The van der Waals surface area contributed by atoms with E-state index in [-0.39, 0.29) is 12.1 Å². The molecule has 2 rings (SSSR count). The van der Waals surface area contributed by atoms with Crippen LogP contribution in [0.4, 0.5) is 0 Å². The van der Waals surface area contributed by atoms with E-state index in [4.69, 9.17) is 14.5 Å². The van der Waals surface area contributed by atoms with E-state index >= 15 is 0 Å². The third kappa shape index (κ3) is 3.05. The van der Waals surface area contributed by atoms with Crippen LogP contribution in [0.3, 0.4) is 0 Å². The Bertz CT molecular complexity index is 349. The summed E-state index contributed by atoms with van der Waals surface area (Å²) in [6.45, 7) is 1.36. The van der Waals surface area contributed by atoms with E-state index in [1.807, 2.05) is 30.3 Å². The van der Waals surface area contributed by atoms with Gasteiger partial charge in [0.1, 0.15) is 6.10 Å². The summed E-state index contributed by atoms with van der Waals surface area (Å²) in [5.74, 6) is -0.353. The molecule has 86 valence electrons. The minimum Gasteiger partial charge on any atom is -0.433 e. The van der Waals surface area contributed by atoms with Crippen LogP contribution in [0, 0.1) is 0 Å². The van der Waals surface area contributed by atoms with Gasteiger partial charge in [-0.2, -0.15) is 4.89 Å². The summed E-state index contributed by atoms with van der Waals surface area (Å²) in [5.41, 5.74) is 1.18. The number of hydrogen-bond donors (Lipinski definition) is 0. The summed E-state index contributed by atoms with van der Waals surface area (Å²) in [6, 6.07) is 9.99. The molecule has 16 heavy (non-hydrogen) atoms. The Labute approximate surface area is 94.0 Å². The molecule has 1 heterocycles. The van der Waals surface area contributed by atoms with Crippen LogP contribution in [0.5, 0.6) is 0 Å². The fraction of sp³-hybridized carbons (Fsp3) is 0.417. The highest BCUT2D eigenvalue weighted by Crippen LogP contribution is 2.21. The van der Waals surface area contributed by atoms with Gasteiger partial charge in [0.25, 0.3) is 0 Å². The van der Waals surface area contributed by atoms with E-state index in [1.54, 1.807) is 0 Å². The molecular formula is C12H14O4. The summed E-state index contributed by atoms with van der Waals surface area (Å²) in [7, 11) is 0. The maximum absolute atomic E-state index is 10.7. The first-order chi connectivity index (χ1) is 7.74. The number of ether oxygens (including phenoxy) is 1. The van der Waals surface area contributed by atoms with E-state index in [9.17, 15) is 4.79 Å². The van der Waals surface area contributed by atoms with Crippen molar-refractivity contribution in [3.05, 3.63) is 35.9 Å². The van der Waals surface area contributed by atoms with Gasteiger partial charge in [-0.25, -0.2) is 4.89 Å². The lowest BCUT2D eigenvalue weighted by atomic mass is 10.1. The van der Waals surface area contributed by atoms with E-state index in [0.29, 0.717) is 6.42 Å². The Morgan fingerprint density at radius 3 is 2.81 bits per heavy atom. The summed E-state index contributed by atoms with van der Waals surface area (Å²) >= 11 is 0. The summed E-state index contributed by atoms with van der Waals surface area (Å²) in [6.07, 6.45) is 0.727. The third-order valence-corrected chi connectivity index (χ3v) is 2.36. The number of benzene rings is 1. The van der Waals surface area contributed by atoms with Gasteiger partial charge < -0.3 is 4.74 Å². The fourth-order valence-corrected chi connectivity index (χ4v) is 1.68. The van der Waals surface area contributed by atoms with Crippen LogP contribution < -0.4 is 0 Å². The smallest absolute Gasteiger partial charge is 0.305 e. The van der Waals surface area contributed by atoms with Gasteiger partial charge in [-0.1, -0.05) is 30.3 Å². The molecule has 0 bridgehead atoms. The number of carbonyl (C=O) groups excluding carboxylic acids is 1. The predicted molar refractivity (Wildman–Crippen MR) is 56.3 cm³/mol. The lowest BCUT2D eigenvalue weighted by Crippen LogP contribution is -2.15. The van der Waals surface area contributed by atoms with Gasteiger partial charge in [-0.15, -0.1) is 0 Å². The molecule has 0 spiro atoms. The lowest BCUT2D eigenvalue weighted by Gasteiger charge is -2.06. The number of hydrogen-bond acceptors (Lipinski definition) is 4. The van der Waals surface area contributed by atoms with Crippen molar-refractivity contribution in [2.45, 2.75) is 32.2 Å². The molecule has 0 N–H and O–H groups in total. The van der Waals surface area contributed by atoms with Gasteiger partial charge in [0, 0.05) is 19.8 Å². The maximum atomic E-state index is 10.7. The first kappa shape index (κ1) is 11.1. The summed E-state index contributed by atoms with van der Waals surface area (Å²) < 4.78 is 4.89. The fourth-order valence-electron chi connectivity index (χ4n) is 1.68. The highest BCUT2D eigenvalue weighted by atomic mass is 17.2. The van der Waals surface area contributed by atoms with Crippen LogP contribution in [-0.4, -0.2) is 18.4 Å². The zero-order valence-corrected chi connectivity index (χ0v) is 9.09. The van der Waals surface area contributed by atoms with Gasteiger partial charge in [-0.3, -0.25) is 4.79 Å². The Kier molecular flexibility index (Phi) is 3.54. The van der Waals surface area contributed by atoms with Gasteiger partial charge in [0.2, 0.25) is 6.29 Å². The molecule has 2 atom stereocenters. The zero-order chi connectivity index (χ0) is 11.4. The number of esters is 1. The molecule has 0 radical (unpaired) electrons. The van der Waals surface area contributed by atoms with Crippen molar-refractivity contribution >= 4 is 5.97 Å². The Balaban J connectivity index is 1.83. The largest absolute Gasteiger partial charge is 0.433 e. The summed E-state index contributed by atoms with van der Waals surface area (Å²) in [5, 5.41) is 0. The molecule has 1 saturated heterocycles. The first-order valence-corrected chi connectivity index (χ1v) is 5.27. The Morgan fingerprint density at radius 2 is 2.12 bits per heavy atom. The third-order valence-electron chi connectivity index (χ3n) is 2.36. The van der Waals surface area contributed by atoms with Crippen molar-refractivity contribution in [2.24, 2.45) is 0 Å². The molecule has 0 amide bonds. The topological polar surface area (TPSA) is 44.8 Å². The minimum atomic E-state index is -0.564. The Hall–Kier alpha value is -1.39. The maximum Gasteiger partial charge on any atom is 0.305 e. The molecule has 1 aromatic rings. The molecule has 0 saturated carbocycles. The number of rotatable bonds is 3. The second-order valence-electron chi connectivity index (χ2n) is 3.78. The first-order valence-electron chi connectivity index (χ1n) is 5.27. The molecule has 1 aliphatic heterocycles. The second-order valence-corrected chi connectivity index (χ2v) is 3.78.